The van der Waals surface area contributed by atoms with Crippen LogP contribution in [0.1, 0.15) is 74.3 Å². The van der Waals surface area contributed by atoms with Crippen LogP contribution in [0.3, 0.4) is 0 Å². The third-order valence-electron chi connectivity index (χ3n) is 11.7. The fraction of sp³-hybridized carbons (Fsp3) is 0.488. The second kappa shape index (κ2) is 15.8. The van der Waals surface area contributed by atoms with Crippen LogP contribution in [-0.2, 0) is 16.0 Å². The summed E-state index contributed by atoms with van der Waals surface area (Å²) in [5, 5.41) is 13.1. The lowest BCUT2D eigenvalue weighted by Crippen LogP contribution is -2.59. The molecular formula is C41H50N6O5. The molecule has 0 bridgehead atoms. The predicted molar refractivity (Wildman–Crippen MR) is 200 cm³/mol. The van der Waals surface area contributed by atoms with Crippen molar-refractivity contribution in [3.8, 4) is 17.1 Å². The number of likely N-dealkylation sites (tertiary alicyclic amines) is 1. The zero-order valence-corrected chi connectivity index (χ0v) is 30.2. The molecule has 2 saturated heterocycles. The Hall–Kier alpha value is -4.93. The molecule has 2 aliphatic heterocycles. The average molecular weight is 707 g/mol. The summed E-state index contributed by atoms with van der Waals surface area (Å²) in [6.07, 6.45) is 14.9. The van der Waals surface area contributed by atoms with E-state index in [4.69, 9.17) is 14.7 Å². The molecule has 1 saturated carbocycles. The van der Waals surface area contributed by atoms with Gasteiger partial charge < -0.3 is 29.9 Å². The zero-order chi connectivity index (χ0) is 36.2. The van der Waals surface area contributed by atoms with Gasteiger partial charge in [0.1, 0.15) is 17.5 Å². The molecule has 1 atom stereocenters. The molecule has 11 nitrogen and oxygen atoms in total. The summed E-state index contributed by atoms with van der Waals surface area (Å²) in [6, 6.07) is 14.0. The Bertz CT molecular complexity index is 1850. The SMILES string of the molecule is CCC[C@H]1CC[C@H](C2CCN(c3cnc(-c4ccc(C[C@H](NC(=O)c5cc6cc(OC)ccc6[nH]5)C(=O)N5CC(C(=O)O)C5)cc4)nc3)CC2)CC1. The fourth-order valence-corrected chi connectivity index (χ4v) is 8.48. The first-order chi connectivity index (χ1) is 25.3. The van der Waals surface area contributed by atoms with Crippen molar-refractivity contribution in [1.29, 1.82) is 0 Å². The van der Waals surface area contributed by atoms with E-state index in [1.165, 1.54) is 56.3 Å². The van der Waals surface area contributed by atoms with Crippen molar-refractivity contribution in [2.45, 2.75) is 70.8 Å². The third-order valence-corrected chi connectivity index (χ3v) is 11.7. The fourth-order valence-electron chi connectivity index (χ4n) is 8.48. The lowest BCUT2D eigenvalue weighted by atomic mass is 9.72. The number of methoxy groups -OCH3 is 1. The van der Waals surface area contributed by atoms with Gasteiger partial charge in [-0.2, -0.15) is 0 Å². The molecule has 2 amide bonds. The topological polar surface area (TPSA) is 141 Å². The summed E-state index contributed by atoms with van der Waals surface area (Å²) < 4.78 is 5.30. The maximum atomic E-state index is 13.6. The third kappa shape index (κ3) is 7.93. The molecule has 2 aromatic carbocycles. The van der Waals surface area contributed by atoms with Crippen molar-refractivity contribution < 1.29 is 24.2 Å². The number of amides is 2. The standard InChI is InChI=1S/C41H50N6O5/c1-3-4-26-5-9-28(10-6-26)29-15-17-46(18-16-29)33-22-42-38(43-23-33)30-11-7-27(8-12-30)19-37(40(49)47-24-32(25-47)41(50)51)45-39(48)36-21-31-20-34(52-2)13-14-35(31)44-36/h7-8,11-14,20-23,26,28-29,32,37,44H,3-6,9-10,15-19,24-25H2,1-2H3,(H,45,48)(H,50,51)/t26-,28-,37-/m0/s1. The highest BCUT2D eigenvalue weighted by Crippen LogP contribution is 2.39. The Kier molecular flexibility index (Phi) is 10.7. The van der Waals surface area contributed by atoms with E-state index in [1.54, 1.807) is 19.2 Å². The highest BCUT2D eigenvalue weighted by atomic mass is 16.5. The molecule has 7 rings (SSSR count). The van der Waals surface area contributed by atoms with Gasteiger partial charge >= 0.3 is 5.97 Å². The van der Waals surface area contributed by atoms with Crippen LogP contribution in [0.25, 0.3) is 22.3 Å². The van der Waals surface area contributed by atoms with Gasteiger partial charge in [-0.25, -0.2) is 9.97 Å². The van der Waals surface area contributed by atoms with Crippen LogP contribution in [0, 0.1) is 23.7 Å². The van der Waals surface area contributed by atoms with Crippen molar-refractivity contribution in [2.75, 3.05) is 38.2 Å². The van der Waals surface area contributed by atoms with Crippen molar-refractivity contribution in [1.82, 2.24) is 25.2 Å². The number of H-pyrrole nitrogens is 1. The highest BCUT2D eigenvalue weighted by molar-refractivity contribution is 6.00. The number of aliphatic carboxylic acids is 1. The number of ether oxygens (including phenoxy) is 1. The summed E-state index contributed by atoms with van der Waals surface area (Å²) in [7, 11) is 1.58. The molecule has 52 heavy (non-hydrogen) atoms. The minimum absolute atomic E-state index is 0.122. The van der Waals surface area contributed by atoms with Crippen molar-refractivity contribution in [3.63, 3.8) is 0 Å². The largest absolute Gasteiger partial charge is 0.497 e. The number of aromatic nitrogens is 3. The van der Waals surface area contributed by atoms with Crippen molar-refractivity contribution in [3.05, 3.63) is 72.2 Å². The lowest BCUT2D eigenvalue weighted by Gasteiger charge is -2.39. The Balaban J connectivity index is 0.973. The van der Waals surface area contributed by atoms with Gasteiger partial charge in [-0.05, 0) is 73.3 Å². The lowest BCUT2D eigenvalue weighted by molar-refractivity contribution is -0.153. The van der Waals surface area contributed by atoms with E-state index in [-0.39, 0.29) is 25.4 Å². The molecule has 3 fully saturated rings. The van der Waals surface area contributed by atoms with Crippen LogP contribution in [0.4, 0.5) is 5.69 Å². The summed E-state index contributed by atoms with van der Waals surface area (Å²) in [5.74, 6) is 1.73. The van der Waals surface area contributed by atoms with Gasteiger partial charge in [-0.3, -0.25) is 14.4 Å². The number of benzene rings is 2. The van der Waals surface area contributed by atoms with Crippen LogP contribution < -0.4 is 15.0 Å². The molecule has 11 heteroatoms. The molecule has 0 unspecified atom stereocenters. The number of carboxylic acids is 1. The van der Waals surface area contributed by atoms with Crippen LogP contribution in [-0.4, -0.2) is 82.1 Å². The maximum Gasteiger partial charge on any atom is 0.310 e. The van der Waals surface area contributed by atoms with Crippen LogP contribution in [0.5, 0.6) is 5.75 Å². The molecule has 0 radical (unpaired) electrons. The van der Waals surface area contributed by atoms with E-state index in [1.807, 2.05) is 48.8 Å². The van der Waals surface area contributed by atoms with Crippen LogP contribution in [0.2, 0.25) is 0 Å². The number of aromatic amines is 1. The van der Waals surface area contributed by atoms with E-state index in [9.17, 15) is 19.5 Å². The molecule has 0 spiro atoms. The molecule has 2 aromatic heterocycles. The van der Waals surface area contributed by atoms with Gasteiger partial charge in [0, 0.05) is 49.1 Å². The first-order valence-corrected chi connectivity index (χ1v) is 18.9. The van der Waals surface area contributed by atoms with E-state index in [2.05, 4.69) is 22.1 Å². The van der Waals surface area contributed by atoms with E-state index >= 15 is 0 Å². The number of nitrogens with zero attached hydrogens (tertiary/aromatic N) is 4. The Morgan fingerprint density at radius 1 is 0.942 bits per heavy atom. The molecule has 4 heterocycles. The molecule has 274 valence electrons. The van der Waals surface area contributed by atoms with Gasteiger partial charge in [0.15, 0.2) is 5.82 Å². The number of nitrogens with one attached hydrogen (secondary N) is 2. The summed E-state index contributed by atoms with van der Waals surface area (Å²) >= 11 is 0. The Labute approximate surface area is 305 Å². The maximum absolute atomic E-state index is 13.6. The smallest absolute Gasteiger partial charge is 0.310 e. The molecular weight excluding hydrogens is 656 g/mol. The highest BCUT2D eigenvalue weighted by Gasteiger charge is 2.39. The monoisotopic (exact) mass is 706 g/mol. The quantitative estimate of drug-likeness (QED) is 0.155. The molecule has 1 aliphatic carbocycles. The molecule has 4 aromatic rings. The van der Waals surface area contributed by atoms with Gasteiger partial charge in [-0.15, -0.1) is 0 Å². The molecule has 3 aliphatic rings. The number of hydrogen-bond donors (Lipinski definition) is 3. The summed E-state index contributed by atoms with van der Waals surface area (Å²) in [4.78, 5) is 54.8. The minimum atomic E-state index is -0.927. The van der Waals surface area contributed by atoms with Crippen molar-refractivity contribution in [2.24, 2.45) is 23.7 Å². The molecule has 3 N–H and O–H groups in total. The number of rotatable bonds is 12. The Morgan fingerprint density at radius 2 is 1.63 bits per heavy atom. The Morgan fingerprint density at radius 3 is 2.29 bits per heavy atom. The number of fused-ring (bicyclic) bond motifs is 1. The number of piperidine rings is 1. The average Bonchev–Trinajstić information content (AvgIpc) is 3.59. The zero-order valence-electron chi connectivity index (χ0n) is 30.2. The first kappa shape index (κ1) is 35.5. The summed E-state index contributed by atoms with van der Waals surface area (Å²) in [5.41, 5.74) is 3.86. The number of carboxylic acid groups (broad SMARTS) is 1. The van der Waals surface area contributed by atoms with E-state index < -0.39 is 23.8 Å². The second-order valence-electron chi connectivity index (χ2n) is 15.0. The van der Waals surface area contributed by atoms with Gasteiger partial charge in [-0.1, -0.05) is 56.9 Å². The van der Waals surface area contributed by atoms with Gasteiger partial charge in [0.2, 0.25) is 5.91 Å². The van der Waals surface area contributed by atoms with Gasteiger partial charge in [0.25, 0.3) is 5.91 Å². The van der Waals surface area contributed by atoms with E-state index in [0.29, 0.717) is 17.3 Å². The number of hydrogen-bond acceptors (Lipinski definition) is 7. The van der Waals surface area contributed by atoms with Gasteiger partial charge in [0.05, 0.1) is 31.1 Å². The normalized spacial score (nSPS) is 20.3. The van der Waals surface area contributed by atoms with Crippen LogP contribution in [0.15, 0.2) is 60.9 Å². The van der Waals surface area contributed by atoms with Crippen LogP contribution >= 0.6 is 0 Å². The van der Waals surface area contributed by atoms with E-state index in [0.717, 1.165) is 58.6 Å². The first-order valence-electron chi connectivity index (χ1n) is 18.9. The number of carbonyl (C=O) groups excluding carboxylic acids is 2. The van der Waals surface area contributed by atoms with Crippen molar-refractivity contribution >= 4 is 34.4 Å². The summed E-state index contributed by atoms with van der Waals surface area (Å²) in [6.45, 7) is 4.66. The number of carbonyl (C=O) groups is 3. The second-order valence-corrected chi connectivity index (χ2v) is 15.0. The predicted octanol–water partition coefficient (Wildman–Crippen LogP) is 6.34. The minimum Gasteiger partial charge on any atom is -0.497 e. The number of anilines is 1.